The molecule has 1 aromatic carbocycles. The van der Waals surface area contributed by atoms with Gasteiger partial charge in [-0.3, -0.25) is 0 Å². The van der Waals surface area contributed by atoms with Crippen molar-refractivity contribution >= 4 is 17.3 Å². The fourth-order valence-corrected chi connectivity index (χ4v) is 2.59. The van der Waals surface area contributed by atoms with Crippen LogP contribution in [0.15, 0.2) is 29.6 Å². The highest BCUT2D eigenvalue weighted by atomic mass is 32.1. The minimum Gasteiger partial charge on any atom is -0.476 e. The lowest BCUT2D eigenvalue weighted by molar-refractivity contribution is 0.0691. The number of aromatic nitrogens is 1. The molecule has 0 saturated carbocycles. The van der Waals surface area contributed by atoms with E-state index in [1.54, 1.807) is 5.38 Å². The van der Waals surface area contributed by atoms with Crippen LogP contribution in [0.1, 0.15) is 26.6 Å². The minimum atomic E-state index is -0.969. The third-order valence-corrected chi connectivity index (χ3v) is 3.50. The Kier molecular flexibility index (Phi) is 4.29. The zero-order valence-corrected chi connectivity index (χ0v) is 11.8. The van der Waals surface area contributed by atoms with Gasteiger partial charge in [-0.05, 0) is 25.2 Å². The Morgan fingerprint density at radius 1 is 1.26 bits per heavy atom. The van der Waals surface area contributed by atoms with Crippen molar-refractivity contribution in [3.63, 3.8) is 0 Å². The lowest BCUT2D eigenvalue weighted by atomic mass is 10.1. The largest absolute Gasteiger partial charge is 0.476 e. The average molecular weight is 276 g/mol. The van der Waals surface area contributed by atoms with Gasteiger partial charge in [0.25, 0.3) is 0 Å². The van der Waals surface area contributed by atoms with Crippen molar-refractivity contribution in [2.75, 3.05) is 14.1 Å². The van der Waals surface area contributed by atoms with E-state index in [1.807, 2.05) is 14.1 Å². The molecule has 2 rings (SSSR count). The van der Waals surface area contributed by atoms with E-state index in [1.165, 1.54) is 16.9 Å². The van der Waals surface area contributed by atoms with Gasteiger partial charge in [-0.1, -0.05) is 24.3 Å². The molecule has 0 aliphatic heterocycles. The Balaban J connectivity index is 2.04. The summed E-state index contributed by atoms with van der Waals surface area (Å²) in [4.78, 5) is 17.0. The summed E-state index contributed by atoms with van der Waals surface area (Å²) in [7, 11) is 4.08. The molecule has 0 unspecified atom stereocenters. The molecule has 100 valence electrons. The molecule has 4 nitrogen and oxygen atoms in total. The monoisotopic (exact) mass is 276 g/mol. The third kappa shape index (κ3) is 3.87. The third-order valence-electron chi connectivity index (χ3n) is 2.65. The summed E-state index contributed by atoms with van der Waals surface area (Å²) in [5.74, 6) is -0.969. The molecule has 0 spiro atoms. The van der Waals surface area contributed by atoms with E-state index in [-0.39, 0.29) is 5.69 Å². The lowest BCUT2D eigenvalue weighted by Crippen LogP contribution is -2.10. The second-order valence-corrected chi connectivity index (χ2v) is 5.61. The molecule has 19 heavy (non-hydrogen) atoms. The van der Waals surface area contributed by atoms with E-state index >= 15 is 0 Å². The van der Waals surface area contributed by atoms with Crippen molar-refractivity contribution in [1.82, 2.24) is 9.88 Å². The van der Waals surface area contributed by atoms with E-state index in [4.69, 9.17) is 5.11 Å². The summed E-state index contributed by atoms with van der Waals surface area (Å²) in [6.07, 6.45) is 0.681. The highest BCUT2D eigenvalue weighted by Crippen LogP contribution is 2.15. The van der Waals surface area contributed by atoms with Crippen LogP contribution in [0.25, 0.3) is 0 Å². The molecule has 0 radical (unpaired) electrons. The molecular formula is C14H16N2O2S. The fraction of sp³-hybridized carbons (Fsp3) is 0.286. The van der Waals surface area contributed by atoms with Gasteiger partial charge in [-0.25, -0.2) is 9.78 Å². The molecule has 0 atom stereocenters. The first-order valence-corrected chi connectivity index (χ1v) is 6.83. The summed E-state index contributed by atoms with van der Waals surface area (Å²) in [6, 6.07) is 8.34. The molecule has 0 fully saturated rings. The smallest absolute Gasteiger partial charge is 0.355 e. The maximum Gasteiger partial charge on any atom is 0.355 e. The average Bonchev–Trinajstić information content (AvgIpc) is 2.80. The van der Waals surface area contributed by atoms with Gasteiger partial charge in [-0.15, -0.1) is 11.3 Å². The Morgan fingerprint density at radius 2 is 1.89 bits per heavy atom. The summed E-state index contributed by atoms with van der Waals surface area (Å²) >= 11 is 1.39. The fourth-order valence-electron chi connectivity index (χ4n) is 1.79. The van der Waals surface area contributed by atoms with Gasteiger partial charge in [-0.2, -0.15) is 0 Å². The molecule has 2 aromatic rings. The van der Waals surface area contributed by atoms with Crippen LogP contribution < -0.4 is 0 Å². The Hall–Kier alpha value is -1.72. The molecule has 0 aliphatic carbocycles. The number of nitrogens with zero attached hydrogens (tertiary/aromatic N) is 2. The SMILES string of the molecule is CN(C)Cc1ccc(Cc2nc(C(=O)O)cs2)cc1. The second kappa shape index (κ2) is 5.95. The Morgan fingerprint density at radius 3 is 2.42 bits per heavy atom. The van der Waals surface area contributed by atoms with Gasteiger partial charge in [0.15, 0.2) is 5.69 Å². The van der Waals surface area contributed by atoms with Crippen LogP contribution in [-0.4, -0.2) is 35.1 Å². The second-order valence-electron chi connectivity index (χ2n) is 4.66. The van der Waals surface area contributed by atoms with Crippen molar-refractivity contribution in [3.05, 3.63) is 51.5 Å². The number of rotatable bonds is 5. The van der Waals surface area contributed by atoms with Gasteiger partial charge in [0.2, 0.25) is 0 Å². The van der Waals surface area contributed by atoms with Crippen molar-refractivity contribution in [2.24, 2.45) is 0 Å². The van der Waals surface area contributed by atoms with E-state index in [2.05, 4.69) is 34.1 Å². The number of benzene rings is 1. The van der Waals surface area contributed by atoms with Gasteiger partial charge >= 0.3 is 5.97 Å². The highest BCUT2D eigenvalue weighted by Gasteiger charge is 2.08. The lowest BCUT2D eigenvalue weighted by Gasteiger charge is -2.09. The molecule has 5 heteroatoms. The van der Waals surface area contributed by atoms with Gasteiger partial charge in [0.05, 0.1) is 5.01 Å². The van der Waals surface area contributed by atoms with Crippen molar-refractivity contribution in [3.8, 4) is 0 Å². The Labute approximate surface area is 116 Å². The van der Waals surface area contributed by atoms with Gasteiger partial charge in [0.1, 0.15) is 0 Å². The summed E-state index contributed by atoms with van der Waals surface area (Å²) < 4.78 is 0. The maximum absolute atomic E-state index is 10.8. The molecule has 0 saturated heterocycles. The molecule has 1 aromatic heterocycles. The normalized spacial score (nSPS) is 10.9. The van der Waals surface area contributed by atoms with Crippen molar-refractivity contribution < 1.29 is 9.90 Å². The predicted octanol–water partition coefficient (Wildman–Crippen LogP) is 2.49. The topological polar surface area (TPSA) is 53.4 Å². The van der Waals surface area contributed by atoms with E-state index in [0.717, 1.165) is 17.1 Å². The molecule has 0 bridgehead atoms. The van der Waals surface area contributed by atoms with Crippen LogP contribution in [0.5, 0.6) is 0 Å². The molecule has 0 amide bonds. The van der Waals surface area contributed by atoms with E-state index < -0.39 is 5.97 Å². The summed E-state index contributed by atoms with van der Waals surface area (Å²) in [6.45, 7) is 0.917. The first kappa shape index (κ1) is 13.7. The van der Waals surface area contributed by atoms with E-state index in [0.29, 0.717) is 6.42 Å². The van der Waals surface area contributed by atoms with Crippen LogP contribution in [0.3, 0.4) is 0 Å². The van der Waals surface area contributed by atoms with Gasteiger partial charge in [0, 0.05) is 18.3 Å². The quantitative estimate of drug-likeness (QED) is 0.911. The maximum atomic E-state index is 10.8. The van der Waals surface area contributed by atoms with E-state index in [9.17, 15) is 4.79 Å². The van der Waals surface area contributed by atoms with Crippen LogP contribution in [0.4, 0.5) is 0 Å². The van der Waals surface area contributed by atoms with Crippen LogP contribution in [0.2, 0.25) is 0 Å². The van der Waals surface area contributed by atoms with Crippen LogP contribution in [-0.2, 0) is 13.0 Å². The molecule has 1 N–H and O–H groups in total. The molecule has 0 aliphatic rings. The number of carboxylic acid groups (broad SMARTS) is 1. The first-order chi connectivity index (χ1) is 9.04. The van der Waals surface area contributed by atoms with Crippen molar-refractivity contribution in [1.29, 1.82) is 0 Å². The summed E-state index contributed by atoms with van der Waals surface area (Å²) in [5, 5.41) is 11.2. The molecular weight excluding hydrogens is 260 g/mol. The predicted molar refractivity (Wildman–Crippen MR) is 75.7 cm³/mol. The zero-order chi connectivity index (χ0) is 13.8. The van der Waals surface area contributed by atoms with Gasteiger partial charge < -0.3 is 10.0 Å². The van der Waals surface area contributed by atoms with Crippen LogP contribution in [0, 0.1) is 0 Å². The standard InChI is InChI=1S/C14H16N2O2S/c1-16(2)8-11-5-3-10(4-6-11)7-13-15-12(9-19-13)14(17)18/h3-6,9H,7-8H2,1-2H3,(H,17,18). The first-order valence-electron chi connectivity index (χ1n) is 5.95. The number of carboxylic acids is 1. The molecule has 1 heterocycles. The number of thiazole rings is 1. The Bertz CT molecular complexity index is 561. The zero-order valence-electron chi connectivity index (χ0n) is 11.0. The number of hydrogen-bond acceptors (Lipinski definition) is 4. The number of aromatic carboxylic acids is 1. The van der Waals surface area contributed by atoms with Crippen LogP contribution >= 0.6 is 11.3 Å². The number of carbonyl (C=O) groups is 1. The van der Waals surface area contributed by atoms with Crippen molar-refractivity contribution in [2.45, 2.75) is 13.0 Å². The number of hydrogen-bond donors (Lipinski definition) is 1. The highest BCUT2D eigenvalue weighted by molar-refractivity contribution is 7.09. The summed E-state index contributed by atoms with van der Waals surface area (Å²) in [5.41, 5.74) is 2.54. The minimum absolute atomic E-state index is 0.129.